The van der Waals surface area contributed by atoms with Gasteiger partial charge in [0, 0.05) is 10.6 Å². The Bertz CT molecular complexity index is 631. The van der Waals surface area contributed by atoms with Crippen LogP contribution in [0.15, 0.2) is 16.6 Å². The molecule has 3 rings (SSSR count). The number of carbonyl (C=O) groups is 1. The second-order valence-electron chi connectivity index (χ2n) is 4.16. The standard InChI is InChI=1S/C13H14N2O2S2/c1-3-8-5-9-13(19-8)18-6-10-11(12(16)17-4-2)14-7-15(9)10/h5,7H,3-4,6H2,1-2H3. The van der Waals surface area contributed by atoms with Gasteiger partial charge in [-0.3, -0.25) is 4.57 Å². The van der Waals surface area contributed by atoms with Gasteiger partial charge in [-0.25, -0.2) is 9.78 Å². The number of thioether (sulfide) groups is 1. The third-order valence-corrected chi connectivity index (χ3v) is 5.57. The van der Waals surface area contributed by atoms with Crippen molar-refractivity contribution < 1.29 is 9.53 Å². The molecule has 0 N–H and O–H groups in total. The van der Waals surface area contributed by atoms with Crippen LogP contribution in [0.4, 0.5) is 0 Å². The Morgan fingerprint density at radius 2 is 2.37 bits per heavy atom. The van der Waals surface area contributed by atoms with Gasteiger partial charge in [-0.15, -0.1) is 23.1 Å². The molecular formula is C13H14N2O2S2. The van der Waals surface area contributed by atoms with E-state index >= 15 is 0 Å². The van der Waals surface area contributed by atoms with Gasteiger partial charge in [0.2, 0.25) is 0 Å². The fourth-order valence-corrected chi connectivity index (χ4v) is 4.48. The summed E-state index contributed by atoms with van der Waals surface area (Å²) in [5, 5.41) is 0. The predicted octanol–water partition coefficient (Wildman–Crippen LogP) is 3.28. The van der Waals surface area contributed by atoms with Crippen molar-refractivity contribution in [3.63, 3.8) is 0 Å². The van der Waals surface area contributed by atoms with E-state index < -0.39 is 0 Å². The van der Waals surface area contributed by atoms with Crippen LogP contribution in [-0.2, 0) is 16.9 Å². The first-order valence-electron chi connectivity index (χ1n) is 6.23. The number of nitrogens with zero attached hydrogens (tertiary/aromatic N) is 2. The average molecular weight is 294 g/mol. The lowest BCUT2D eigenvalue weighted by Gasteiger charge is -2.14. The highest BCUT2D eigenvalue weighted by Crippen LogP contribution is 2.41. The maximum absolute atomic E-state index is 11.8. The molecule has 0 atom stereocenters. The van der Waals surface area contributed by atoms with Crippen molar-refractivity contribution in [3.8, 4) is 5.69 Å². The maximum Gasteiger partial charge on any atom is 0.358 e. The number of thiophene rings is 1. The topological polar surface area (TPSA) is 44.1 Å². The van der Waals surface area contributed by atoms with Crippen LogP contribution in [0.1, 0.15) is 34.9 Å². The van der Waals surface area contributed by atoms with E-state index in [1.807, 2.05) is 15.9 Å². The minimum Gasteiger partial charge on any atom is -0.461 e. The molecule has 0 amide bonds. The van der Waals surface area contributed by atoms with Gasteiger partial charge < -0.3 is 4.74 Å². The summed E-state index contributed by atoms with van der Waals surface area (Å²) in [4.78, 5) is 17.4. The van der Waals surface area contributed by atoms with Crippen LogP contribution < -0.4 is 0 Å². The number of fused-ring (bicyclic) bond motifs is 3. The molecule has 3 heterocycles. The summed E-state index contributed by atoms with van der Waals surface area (Å²) in [6, 6.07) is 2.19. The first-order valence-corrected chi connectivity index (χ1v) is 8.04. The van der Waals surface area contributed by atoms with Crippen molar-refractivity contribution in [1.29, 1.82) is 0 Å². The first kappa shape index (κ1) is 12.7. The molecule has 19 heavy (non-hydrogen) atoms. The molecule has 100 valence electrons. The van der Waals surface area contributed by atoms with Gasteiger partial charge in [0.25, 0.3) is 0 Å². The third kappa shape index (κ3) is 2.08. The fraction of sp³-hybridized carbons (Fsp3) is 0.385. The smallest absolute Gasteiger partial charge is 0.358 e. The Morgan fingerprint density at radius 3 is 3.11 bits per heavy atom. The van der Waals surface area contributed by atoms with Gasteiger partial charge in [0.05, 0.1) is 22.2 Å². The monoisotopic (exact) mass is 294 g/mol. The van der Waals surface area contributed by atoms with Crippen molar-refractivity contribution in [2.24, 2.45) is 0 Å². The van der Waals surface area contributed by atoms with E-state index in [9.17, 15) is 4.79 Å². The molecule has 1 aliphatic rings. The lowest BCUT2D eigenvalue weighted by atomic mass is 10.3. The molecule has 6 heteroatoms. The Hall–Kier alpha value is -1.27. The van der Waals surface area contributed by atoms with Crippen molar-refractivity contribution in [3.05, 3.63) is 28.7 Å². The molecule has 2 aromatic rings. The zero-order valence-electron chi connectivity index (χ0n) is 10.8. The molecule has 0 unspecified atom stereocenters. The summed E-state index contributed by atoms with van der Waals surface area (Å²) >= 11 is 3.60. The van der Waals surface area contributed by atoms with E-state index in [0.29, 0.717) is 12.3 Å². The Morgan fingerprint density at radius 1 is 1.53 bits per heavy atom. The highest BCUT2D eigenvalue weighted by atomic mass is 32.2. The fourth-order valence-electron chi connectivity index (χ4n) is 2.08. The number of aromatic nitrogens is 2. The number of aryl methyl sites for hydroxylation is 1. The highest BCUT2D eigenvalue weighted by molar-refractivity contribution is 8.00. The number of esters is 1. The van der Waals surface area contributed by atoms with Crippen LogP contribution in [0.2, 0.25) is 0 Å². The molecule has 0 saturated heterocycles. The number of ether oxygens (including phenoxy) is 1. The minimum atomic E-state index is -0.328. The first-order chi connectivity index (χ1) is 9.24. The van der Waals surface area contributed by atoms with Gasteiger partial charge in [0.15, 0.2) is 5.69 Å². The van der Waals surface area contributed by atoms with E-state index in [4.69, 9.17) is 4.74 Å². The van der Waals surface area contributed by atoms with Crippen LogP contribution in [0.5, 0.6) is 0 Å². The number of hydrogen-bond acceptors (Lipinski definition) is 5. The van der Waals surface area contributed by atoms with Crippen LogP contribution in [-0.4, -0.2) is 22.1 Å². The van der Waals surface area contributed by atoms with Gasteiger partial charge in [-0.05, 0) is 19.4 Å². The van der Waals surface area contributed by atoms with Gasteiger partial charge in [-0.1, -0.05) is 6.92 Å². The molecule has 0 saturated carbocycles. The largest absolute Gasteiger partial charge is 0.461 e. The quantitative estimate of drug-likeness (QED) is 0.815. The normalized spacial score (nSPS) is 12.9. The summed E-state index contributed by atoms with van der Waals surface area (Å²) in [5.41, 5.74) is 2.54. The number of imidazole rings is 1. The number of carbonyl (C=O) groups excluding carboxylic acids is 1. The zero-order valence-corrected chi connectivity index (χ0v) is 12.4. The summed E-state index contributed by atoms with van der Waals surface area (Å²) in [5.74, 6) is 0.441. The third-order valence-electron chi connectivity index (χ3n) is 3.01. The maximum atomic E-state index is 11.8. The van der Waals surface area contributed by atoms with Crippen molar-refractivity contribution in [2.75, 3.05) is 6.61 Å². The molecule has 0 spiro atoms. The van der Waals surface area contributed by atoms with Crippen molar-refractivity contribution >= 4 is 29.1 Å². The summed E-state index contributed by atoms with van der Waals surface area (Å²) in [6.07, 6.45) is 2.76. The lowest BCUT2D eigenvalue weighted by Crippen LogP contribution is -2.11. The Labute approximate surface area is 119 Å². The summed E-state index contributed by atoms with van der Waals surface area (Å²) < 4.78 is 8.37. The van der Waals surface area contributed by atoms with Crippen LogP contribution in [0, 0.1) is 0 Å². The molecule has 0 fully saturated rings. The van der Waals surface area contributed by atoms with Gasteiger partial charge >= 0.3 is 5.97 Å². The van der Waals surface area contributed by atoms with Gasteiger partial charge in [-0.2, -0.15) is 0 Å². The van der Waals surface area contributed by atoms with E-state index in [1.165, 1.54) is 9.09 Å². The second-order valence-corrected chi connectivity index (χ2v) is 6.54. The van der Waals surface area contributed by atoms with E-state index in [1.54, 1.807) is 25.0 Å². The van der Waals surface area contributed by atoms with Crippen LogP contribution in [0.3, 0.4) is 0 Å². The molecule has 1 aliphatic heterocycles. The van der Waals surface area contributed by atoms with Gasteiger partial charge in [0.1, 0.15) is 6.33 Å². The molecule has 4 nitrogen and oxygen atoms in total. The number of rotatable bonds is 3. The number of hydrogen-bond donors (Lipinski definition) is 0. The van der Waals surface area contributed by atoms with E-state index in [-0.39, 0.29) is 5.97 Å². The minimum absolute atomic E-state index is 0.328. The summed E-state index contributed by atoms with van der Waals surface area (Å²) in [6.45, 7) is 4.34. The molecule has 0 aliphatic carbocycles. The Balaban J connectivity index is 2.04. The SMILES string of the molecule is CCOC(=O)c1ncn2c1CSc1sc(CC)cc1-2. The van der Waals surface area contributed by atoms with Crippen molar-refractivity contribution in [2.45, 2.75) is 30.2 Å². The van der Waals surface area contributed by atoms with Crippen LogP contribution in [0.25, 0.3) is 5.69 Å². The highest BCUT2D eigenvalue weighted by Gasteiger charge is 2.26. The zero-order chi connectivity index (χ0) is 13.4. The summed E-state index contributed by atoms with van der Waals surface area (Å²) in [7, 11) is 0. The molecule has 0 bridgehead atoms. The van der Waals surface area contributed by atoms with Crippen LogP contribution >= 0.6 is 23.1 Å². The van der Waals surface area contributed by atoms with E-state index in [2.05, 4.69) is 18.0 Å². The lowest BCUT2D eigenvalue weighted by molar-refractivity contribution is 0.0519. The molecule has 0 radical (unpaired) electrons. The average Bonchev–Trinajstić information content (AvgIpc) is 3.01. The molecule has 2 aromatic heterocycles. The predicted molar refractivity (Wildman–Crippen MR) is 76.3 cm³/mol. The Kier molecular flexibility index (Phi) is 3.36. The van der Waals surface area contributed by atoms with E-state index in [0.717, 1.165) is 23.6 Å². The second kappa shape index (κ2) is 5.02. The molecule has 0 aromatic carbocycles. The molecular weight excluding hydrogens is 280 g/mol. The van der Waals surface area contributed by atoms with Crippen molar-refractivity contribution in [1.82, 2.24) is 9.55 Å².